The van der Waals surface area contributed by atoms with E-state index in [2.05, 4.69) is 57.6 Å². The number of hydrogen-bond acceptors (Lipinski definition) is 5. The lowest BCUT2D eigenvalue weighted by molar-refractivity contribution is -0.125. The molecule has 5 rings (SSSR count). The first-order valence-corrected chi connectivity index (χ1v) is 12.3. The Balaban J connectivity index is 1.32. The van der Waals surface area contributed by atoms with E-state index >= 15 is 0 Å². The van der Waals surface area contributed by atoms with Crippen molar-refractivity contribution in [3.8, 4) is 11.5 Å². The molecule has 35 heavy (non-hydrogen) atoms. The van der Waals surface area contributed by atoms with Gasteiger partial charge in [-0.2, -0.15) is 0 Å². The highest BCUT2D eigenvalue weighted by Gasteiger charge is 2.41. The molecule has 0 spiro atoms. The van der Waals surface area contributed by atoms with Gasteiger partial charge in [0, 0.05) is 37.6 Å². The van der Waals surface area contributed by atoms with Crippen molar-refractivity contribution in [1.82, 2.24) is 5.32 Å². The maximum absolute atomic E-state index is 13.5. The van der Waals surface area contributed by atoms with Crippen molar-refractivity contribution < 1.29 is 14.3 Å². The van der Waals surface area contributed by atoms with E-state index in [9.17, 15) is 4.79 Å². The largest absolute Gasteiger partial charge is 0.497 e. The van der Waals surface area contributed by atoms with Crippen molar-refractivity contribution in [3.05, 3.63) is 83.9 Å². The molecule has 2 heterocycles. The average molecular weight is 472 g/mol. The van der Waals surface area contributed by atoms with E-state index in [1.165, 1.54) is 16.9 Å². The number of ether oxygens (including phenoxy) is 2. The number of rotatable bonds is 7. The van der Waals surface area contributed by atoms with Crippen molar-refractivity contribution in [3.63, 3.8) is 0 Å². The third-order valence-corrected chi connectivity index (χ3v) is 7.28. The van der Waals surface area contributed by atoms with Gasteiger partial charge in [0.25, 0.3) is 0 Å². The molecular formula is C29H33N3O3. The van der Waals surface area contributed by atoms with Crippen LogP contribution in [0.3, 0.4) is 0 Å². The van der Waals surface area contributed by atoms with Crippen molar-refractivity contribution in [2.24, 2.45) is 5.92 Å². The van der Waals surface area contributed by atoms with Crippen LogP contribution in [0, 0.1) is 5.92 Å². The van der Waals surface area contributed by atoms with E-state index in [1.54, 1.807) is 14.2 Å². The Morgan fingerprint density at radius 1 is 0.943 bits per heavy atom. The van der Waals surface area contributed by atoms with Crippen LogP contribution in [-0.2, 0) is 17.6 Å². The summed E-state index contributed by atoms with van der Waals surface area (Å²) in [4.78, 5) is 18.4. The summed E-state index contributed by atoms with van der Waals surface area (Å²) in [6.07, 6.45) is 1.50. The molecule has 1 fully saturated rings. The zero-order valence-electron chi connectivity index (χ0n) is 20.4. The molecule has 0 radical (unpaired) electrons. The van der Waals surface area contributed by atoms with Crippen LogP contribution in [-0.4, -0.2) is 52.3 Å². The normalized spacial score (nSPS) is 18.9. The van der Waals surface area contributed by atoms with Crippen molar-refractivity contribution >= 4 is 17.3 Å². The van der Waals surface area contributed by atoms with Crippen LogP contribution in [0.2, 0.25) is 0 Å². The first-order chi connectivity index (χ1) is 17.2. The van der Waals surface area contributed by atoms with Crippen LogP contribution in [0.15, 0.2) is 72.8 Å². The summed E-state index contributed by atoms with van der Waals surface area (Å²) in [5.74, 6) is 1.73. The lowest BCUT2D eigenvalue weighted by atomic mass is 9.83. The molecule has 0 bridgehead atoms. The fourth-order valence-corrected chi connectivity index (χ4v) is 5.45. The molecule has 3 aromatic carbocycles. The number of piperazine rings is 1. The molecule has 1 saturated heterocycles. The van der Waals surface area contributed by atoms with E-state index in [-0.39, 0.29) is 17.9 Å². The van der Waals surface area contributed by atoms with Crippen LogP contribution in [0.5, 0.6) is 11.5 Å². The van der Waals surface area contributed by atoms with Crippen molar-refractivity contribution in [1.29, 1.82) is 0 Å². The van der Waals surface area contributed by atoms with Gasteiger partial charge in [0.05, 0.1) is 26.2 Å². The smallest absolute Gasteiger partial charge is 0.225 e. The Morgan fingerprint density at radius 2 is 1.71 bits per heavy atom. The highest BCUT2D eigenvalue weighted by atomic mass is 16.5. The predicted octanol–water partition coefficient (Wildman–Crippen LogP) is 3.93. The minimum atomic E-state index is -0.108. The zero-order valence-corrected chi connectivity index (χ0v) is 20.4. The summed E-state index contributed by atoms with van der Waals surface area (Å²) < 4.78 is 10.8. The predicted molar refractivity (Wildman–Crippen MR) is 140 cm³/mol. The van der Waals surface area contributed by atoms with Gasteiger partial charge in [-0.15, -0.1) is 0 Å². The monoisotopic (exact) mass is 471 g/mol. The summed E-state index contributed by atoms with van der Waals surface area (Å²) in [5.41, 5.74) is 4.80. The first kappa shape index (κ1) is 23.1. The fraction of sp³-hybridized carbons (Fsp3) is 0.345. The third-order valence-electron chi connectivity index (χ3n) is 7.28. The van der Waals surface area contributed by atoms with Gasteiger partial charge >= 0.3 is 0 Å². The van der Waals surface area contributed by atoms with E-state index in [0.717, 1.165) is 49.5 Å². The van der Waals surface area contributed by atoms with Gasteiger partial charge in [-0.05, 0) is 60.4 Å². The molecule has 2 aliphatic heterocycles. The Kier molecular flexibility index (Phi) is 6.80. The topological polar surface area (TPSA) is 54.0 Å². The molecule has 0 aliphatic carbocycles. The quantitative estimate of drug-likeness (QED) is 0.566. The third kappa shape index (κ3) is 4.78. The number of para-hydroxylation sites is 2. The Morgan fingerprint density at radius 3 is 2.51 bits per heavy atom. The summed E-state index contributed by atoms with van der Waals surface area (Å²) >= 11 is 0. The lowest BCUT2D eigenvalue weighted by Crippen LogP contribution is -2.61. The van der Waals surface area contributed by atoms with Gasteiger partial charge in [0.1, 0.15) is 11.5 Å². The van der Waals surface area contributed by atoms with Crippen LogP contribution in [0.25, 0.3) is 0 Å². The highest BCUT2D eigenvalue weighted by molar-refractivity contribution is 5.82. The molecule has 1 N–H and O–H groups in total. The van der Waals surface area contributed by atoms with Gasteiger partial charge in [0.15, 0.2) is 0 Å². The van der Waals surface area contributed by atoms with Crippen LogP contribution in [0.4, 0.5) is 11.4 Å². The highest BCUT2D eigenvalue weighted by Crippen LogP contribution is 2.37. The van der Waals surface area contributed by atoms with Crippen molar-refractivity contribution in [2.45, 2.75) is 18.9 Å². The molecule has 6 heteroatoms. The zero-order chi connectivity index (χ0) is 24.2. The number of carbonyl (C=O) groups is 1. The number of anilines is 2. The molecule has 3 aromatic rings. The molecule has 2 atom stereocenters. The standard InChI is InChI=1S/C29H33N3O3/c1-34-24-13-11-23(12-14-24)31-17-18-32-26-9-5-3-8-22(26)19-25(27(32)20-31)29(33)30-16-15-21-7-4-6-10-28(21)35-2/h3-14,25,27H,15-20H2,1-2H3,(H,30,33). The summed E-state index contributed by atoms with van der Waals surface area (Å²) in [6.45, 7) is 3.20. The van der Waals surface area contributed by atoms with E-state index in [4.69, 9.17) is 9.47 Å². The lowest BCUT2D eigenvalue weighted by Gasteiger charge is -2.49. The van der Waals surface area contributed by atoms with E-state index in [1.807, 2.05) is 30.3 Å². The Labute approximate surface area is 207 Å². The molecule has 0 aromatic heterocycles. The molecule has 2 unspecified atom stereocenters. The number of nitrogens with zero attached hydrogens (tertiary/aromatic N) is 2. The maximum atomic E-state index is 13.5. The first-order valence-electron chi connectivity index (χ1n) is 12.3. The van der Waals surface area contributed by atoms with E-state index in [0.29, 0.717) is 6.54 Å². The number of nitrogens with one attached hydrogen (secondary N) is 1. The SMILES string of the molecule is COc1ccc(N2CCN3c4ccccc4CC(C(=O)NCCc4ccccc4OC)C3C2)cc1. The van der Waals surface area contributed by atoms with Crippen LogP contribution in [0.1, 0.15) is 11.1 Å². The van der Waals surface area contributed by atoms with Gasteiger partial charge in [0.2, 0.25) is 5.91 Å². The minimum absolute atomic E-state index is 0.108. The second-order valence-corrected chi connectivity index (χ2v) is 9.20. The van der Waals surface area contributed by atoms with Gasteiger partial charge in [-0.1, -0.05) is 36.4 Å². The summed E-state index contributed by atoms with van der Waals surface area (Å²) in [7, 11) is 3.37. The molecule has 6 nitrogen and oxygen atoms in total. The molecule has 182 valence electrons. The number of amides is 1. The number of methoxy groups -OCH3 is 2. The molecule has 2 aliphatic rings. The maximum Gasteiger partial charge on any atom is 0.225 e. The summed E-state index contributed by atoms with van der Waals surface area (Å²) in [5, 5.41) is 3.23. The Hall–Kier alpha value is -3.67. The van der Waals surface area contributed by atoms with Gasteiger partial charge in [-0.25, -0.2) is 0 Å². The second-order valence-electron chi connectivity index (χ2n) is 9.20. The number of fused-ring (bicyclic) bond motifs is 3. The summed E-state index contributed by atoms with van der Waals surface area (Å²) in [6, 6.07) is 24.8. The number of carbonyl (C=O) groups excluding carboxylic acids is 1. The van der Waals surface area contributed by atoms with Crippen LogP contribution < -0.4 is 24.6 Å². The average Bonchev–Trinajstić information content (AvgIpc) is 2.92. The van der Waals surface area contributed by atoms with Crippen molar-refractivity contribution in [2.75, 3.05) is 50.2 Å². The van der Waals surface area contributed by atoms with E-state index < -0.39 is 0 Å². The Bertz CT molecular complexity index is 1160. The molecular weight excluding hydrogens is 438 g/mol. The second kappa shape index (κ2) is 10.3. The molecule has 0 saturated carbocycles. The molecule has 1 amide bonds. The van der Waals surface area contributed by atoms with Gasteiger partial charge in [-0.3, -0.25) is 4.79 Å². The van der Waals surface area contributed by atoms with Gasteiger partial charge < -0.3 is 24.6 Å². The van der Waals surface area contributed by atoms with Crippen LogP contribution >= 0.6 is 0 Å². The number of hydrogen-bond donors (Lipinski definition) is 1. The number of benzene rings is 3. The fourth-order valence-electron chi connectivity index (χ4n) is 5.45. The minimum Gasteiger partial charge on any atom is -0.497 e.